The fraction of sp³-hybridized carbons (Fsp3) is 0.385. The zero-order chi connectivity index (χ0) is 25.1. The highest BCUT2D eigenvalue weighted by Gasteiger charge is 2.37. The van der Waals surface area contributed by atoms with Gasteiger partial charge in [-0.2, -0.15) is 4.31 Å². The van der Waals surface area contributed by atoms with Gasteiger partial charge in [0.1, 0.15) is 0 Å². The normalized spacial score (nSPS) is 20.8. The molecule has 2 aromatic carbocycles. The van der Waals surface area contributed by atoms with E-state index in [1.54, 1.807) is 0 Å². The van der Waals surface area contributed by atoms with Crippen molar-refractivity contribution in [2.75, 3.05) is 39.3 Å². The van der Waals surface area contributed by atoms with Crippen LogP contribution in [-0.4, -0.2) is 77.7 Å². The van der Waals surface area contributed by atoms with Gasteiger partial charge in [0.25, 0.3) is 10.0 Å². The van der Waals surface area contributed by atoms with Gasteiger partial charge in [0, 0.05) is 44.3 Å². The topological polar surface area (TPSA) is 89.6 Å². The first-order valence-corrected chi connectivity index (χ1v) is 14.1. The average Bonchev–Trinajstić information content (AvgIpc) is 3.47. The van der Waals surface area contributed by atoms with Crippen molar-refractivity contribution < 1.29 is 13.2 Å². The second-order valence-electron chi connectivity index (χ2n) is 9.34. The second-order valence-corrected chi connectivity index (χ2v) is 11.7. The summed E-state index contributed by atoms with van der Waals surface area (Å²) in [5.41, 5.74) is 2.36. The largest absolute Gasteiger partial charge is 0.340 e. The first-order valence-electron chi connectivity index (χ1n) is 12.3. The molecule has 0 spiro atoms. The first-order chi connectivity index (χ1) is 17.4. The number of nitrogens with one attached hydrogen (secondary N) is 1. The molecule has 0 aliphatic carbocycles. The minimum Gasteiger partial charge on any atom is -0.340 e. The summed E-state index contributed by atoms with van der Waals surface area (Å²) in [7, 11) is -3.67. The molecule has 2 saturated heterocycles. The number of carbonyl (C=O) groups is 1. The van der Waals surface area contributed by atoms with Crippen LogP contribution in [0.3, 0.4) is 0 Å². The molecular formula is C26H30ClN5O3S. The summed E-state index contributed by atoms with van der Waals surface area (Å²) in [6, 6.07) is 18.4. The highest BCUT2D eigenvalue weighted by atomic mass is 35.5. The number of rotatable bonds is 6. The van der Waals surface area contributed by atoms with Crippen molar-refractivity contribution in [3.8, 4) is 0 Å². The van der Waals surface area contributed by atoms with E-state index in [0.29, 0.717) is 37.5 Å². The van der Waals surface area contributed by atoms with Gasteiger partial charge < -0.3 is 9.88 Å². The van der Waals surface area contributed by atoms with E-state index in [9.17, 15) is 13.2 Å². The number of H-pyrrole nitrogens is 1. The summed E-state index contributed by atoms with van der Waals surface area (Å²) in [6.45, 7) is 3.31. The third-order valence-corrected chi connectivity index (χ3v) is 9.16. The summed E-state index contributed by atoms with van der Waals surface area (Å²) >= 11 is 6.14. The third kappa shape index (κ3) is 5.20. The molecule has 1 aromatic heterocycles. The number of piperazine rings is 1. The molecule has 3 heterocycles. The van der Waals surface area contributed by atoms with Crippen LogP contribution in [0.4, 0.5) is 0 Å². The van der Waals surface area contributed by atoms with E-state index in [1.807, 2.05) is 35.2 Å². The molecule has 36 heavy (non-hydrogen) atoms. The standard InChI is InChI=1S/C26H30ClN5O3S/c27-23-10-8-21(9-11-23)25(20-5-2-1-3-6-20)30-13-15-31(16-14-30)26(33)22-7-4-12-32(18-22)36(34,35)24-17-28-19-29-24/h1-3,5-6,8-11,17,19,22,25H,4,7,12-16,18H2,(H,28,29). The minimum atomic E-state index is -3.67. The van der Waals surface area contributed by atoms with Crippen LogP contribution in [0.2, 0.25) is 5.02 Å². The van der Waals surface area contributed by atoms with E-state index in [1.165, 1.54) is 22.4 Å². The van der Waals surface area contributed by atoms with E-state index in [2.05, 4.69) is 39.1 Å². The van der Waals surface area contributed by atoms with Gasteiger partial charge in [-0.3, -0.25) is 9.69 Å². The zero-order valence-corrected chi connectivity index (χ0v) is 21.5. The lowest BCUT2D eigenvalue weighted by Crippen LogP contribution is -2.53. The van der Waals surface area contributed by atoms with Gasteiger partial charge in [-0.1, -0.05) is 54.1 Å². The first kappa shape index (κ1) is 25.0. The van der Waals surface area contributed by atoms with E-state index in [0.717, 1.165) is 18.7 Å². The van der Waals surface area contributed by atoms with Crippen molar-refractivity contribution in [3.63, 3.8) is 0 Å². The van der Waals surface area contributed by atoms with Crippen molar-refractivity contribution >= 4 is 27.5 Å². The summed E-state index contributed by atoms with van der Waals surface area (Å²) in [5.74, 6) is -0.286. The van der Waals surface area contributed by atoms with Crippen molar-refractivity contribution in [1.82, 2.24) is 24.1 Å². The summed E-state index contributed by atoms with van der Waals surface area (Å²) in [4.78, 5) is 24.2. The number of hydrogen-bond acceptors (Lipinski definition) is 5. The van der Waals surface area contributed by atoms with E-state index < -0.39 is 10.0 Å². The van der Waals surface area contributed by atoms with Gasteiger partial charge >= 0.3 is 0 Å². The molecule has 2 aliphatic heterocycles. The maximum Gasteiger partial charge on any atom is 0.260 e. The molecular weight excluding hydrogens is 498 g/mol. The number of nitrogens with zero attached hydrogens (tertiary/aromatic N) is 4. The fourth-order valence-electron chi connectivity index (χ4n) is 5.24. The maximum atomic E-state index is 13.4. The fourth-order valence-corrected chi connectivity index (χ4v) is 6.78. The molecule has 2 fully saturated rings. The maximum absolute atomic E-state index is 13.4. The van der Waals surface area contributed by atoms with Crippen LogP contribution in [0, 0.1) is 5.92 Å². The zero-order valence-electron chi connectivity index (χ0n) is 20.0. The molecule has 0 saturated carbocycles. The van der Waals surface area contributed by atoms with Gasteiger partial charge in [0.15, 0.2) is 5.03 Å². The average molecular weight is 528 g/mol. The monoisotopic (exact) mass is 527 g/mol. The molecule has 0 radical (unpaired) electrons. The van der Waals surface area contributed by atoms with Gasteiger partial charge in [-0.15, -0.1) is 0 Å². The Morgan fingerprint density at radius 3 is 2.33 bits per heavy atom. The summed E-state index contributed by atoms with van der Waals surface area (Å²) in [5, 5.41) is 0.774. The van der Waals surface area contributed by atoms with Crippen LogP contribution in [0.5, 0.6) is 0 Å². The SMILES string of the molecule is O=C(C1CCCN(S(=O)(=O)c2cnc[nH]2)C1)N1CCN(C(c2ccccc2)c2ccc(Cl)cc2)CC1. The molecule has 1 N–H and O–H groups in total. The predicted octanol–water partition coefficient (Wildman–Crippen LogP) is 3.40. The third-order valence-electron chi connectivity index (χ3n) is 7.12. The Morgan fingerprint density at radius 1 is 0.972 bits per heavy atom. The highest BCUT2D eigenvalue weighted by Crippen LogP contribution is 2.31. The molecule has 2 atom stereocenters. The molecule has 1 amide bonds. The summed E-state index contributed by atoms with van der Waals surface area (Å²) in [6.07, 6.45) is 4.03. The molecule has 0 bridgehead atoms. The number of amides is 1. The molecule has 190 valence electrons. The molecule has 2 aliphatic rings. The highest BCUT2D eigenvalue weighted by molar-refractivity contribution is 7.89. The van der Waals surface area contributed by atoms with E-state index in [4.69, 9.17) is 11.6 Å². The number of imidazole rings is 1. The smallest absolute Gasteiger partial charge is 0.260 e. The molecule has 10 heteroatoms. The predicted molar refractivity (Wildman–Crippen MR) is 138 cm³/mol. The van der Waals surface area contributed by atoms with Crippen LogP contribution in [0.1, 0.15) is 30.0 Å². The number of hydrogen-bond donors (Lipinski definition) is 1. The number of halogens is 1. The lowest BCUT2D eigenvalue weighted by Gasteiger charge is -2.41. The number of carbonyl (C=O) groups excluding carboxylic acids is 1. The van der Waals surface area contributed by atoms with Crippen LogP contribution in [-0.2, 0) is 14.8 Å². The molecule has 3 aromatic rings. The Kier molecular flexibility index (Phi) is 7.43. The second kappa shape index (κ2) is 10.7. The Hall–Kier alpha value is -2.72. The van der Waals surface area contributed by atoms with Gasteiger partial charge in [0.2, 0.25) is 5.91 Å². The van der Waals surface area contributed by atoms with Crippen LogP contribution in [0.25, 0.3) is 0 Å². The Morgan fingerprint density at radius 2 is 1.67 bits per heavy atom. The van der Waals surface area contributed by atoms with Crippen molar-refractivity contribution in [3.05, 3.63) is 83.3 Å². The minimum absolute atomic E-state index is 0.0434. The van der Waals surface area contributed by atoms with Crippen molar-refractivity contribution in [2.45, 2.75) is 23.9 Å². The summed E-state index contributed by atoms with van der Waals surface area (Å²) < 4.78 is 27.2. The van der Waals surface area contributed by atoms with E-state index >= 15 is 0 Å². The molecule has 8 nitrogen and oxygen atoms in total. The van der Waals surface area contributed by atoms with Gasteiger partial charge in [-0.25, -0.2) is 13.4 Å². The lowest BCUT2D eigenvalue weighted by atomic mass is 9.95. The Balaban J connectivity index is 1.26. The lowest BCUT2D eigenvalue weighted by molar-refractivity contribution is -0.138. The quantitative estimate of drug-likeness (QED) is 0.530. The molecule has 2 unspecified atom stereocenters. The van der Waals surface area contributed by atoms with Crippen LogP contribution >= 0.6 is 11.6 Å². The number of aromatic amines is 1. The number of aromatic nitrogens is 2. The number of sulfonamides is 1. The molecule has 5 rings (SSSR count). The van der Waals surface area contributed by atoms with Crippen molar-refractivity contribution in [1.29, 1.82) is 0 Å². The van der Waals surface area contributed by atoms with Crippen molar-refractivity contribution in [2.24, 2.45) is 5.92 Å². The number of piperidine rings is 1. The number of benzene rings is 2. The van der Waals surface area contributed by atoms with Gasteiger partial charge in [-0.05, 0) is 36.1 Å². The Bertz CT molecular complexity index is 1260. The van der Waals surface area contributed by atoms with E-state index in [-0.39, 0.29) is 29.4 Å². The van der Waals surface area contributed by atoms with Gasteiger partial charge in [0.05, 0.1) is 24.5 Å². The Labute approximate surface area is 216 Å². The van der Waals surface area contributed by atoms with Crippen LogP contribution < -0.4 is 0 Å². The van der Waals surface area contributed by atoms with Crippen LogP contribution in [0.15, 0.2) is 72.1 Å².